The van der Waals surface area contributed by atoms with Gasteiger partial charge in [0, 0.05) is 25.2 Å². The van der Waals surface area contributed by atoms with Crippen molar-refractivity contribution < 1.29 is 13.3 Å². The van der Waals surface area contributed by atoms with E-state index in [0.29, 0.717) is 0 Å². The van der Waals surface area contributed by atoms with Crippen LogP contribution in [-0.2, 0) is 10.0 Å². The van der Waals surface area contributed by atoms with Gasteiger partial charge in [-0.3, -0.25) is 10.1 Å². The Bertz CT molecular complexity index is 552. The van der Waals surface area contributed by atoms with Crippen LogP contribution in [0.25, 0.3) is 0 Å². The van der Waals surface area contributed by atoms with Crippen molar-refractivity contribution >= 4 is 21.4 Å². The molecule has 0 aliphatic heterocycles. The number of nitrogens with two attached hydrogens (primary N) is 1. The number of rotatable bonds is 5. The highest BCUT2D eigenvalue weighted by Gasteiger charge is 2.26. The van der Waals surface area contributed by atoms with Crippen LogP contribution < -0.4 is 5.73 Å². The van der Waals surface area contributed by atoms with Crippen molar-refractivity contribution in [2.24, 2.45) is 0 Å². The van der Waals surface area contributed by atoms with E-state index in [1.165, 1.54) is 16.4 Å². The monoisotopic (exact) mass is 273 g/mol. The van der Waals surface area contributed by atoms with Gasteiger partial charge in [0.2, 0.25) is 10.0 Å². The average molecular weight is 273 g/mol. The zero-order chi connectivity index (χ0) is 13.9. The van der Waals surface area contributed by atoms with Gasteiger partial charge in [-0.05, 0) is 6.07 Å². The molecule has 0 fully saturated rings. The number of sulfonamides is 1. The van der Waals surface area contributed by atoms with E-state index in [2.05, 4.69) is 0 Å². The maximum Gasteiger partial charge on any atom is 0.270 e. The second kappa shape index (κ2) is 5.32. The molecule has 0 spiro atoms. The summed E-state index contributed by atoms with van der Waals surface area (Å²) < 4.78 is 25.6. The minimum absolute atomic E-state index is 0.00694. The van der Waals surface area contributed by atoms with E-state index in [0.717, 1.165) is 6.07 Å². The van der Waals surface area contributed by atoms with Crippen molar-refractivity contribution in [1.82, 2.24) is 4.31 Å². The van der Waals surface area contributed by atoms with E-state index >= 15 is 0 Å². The summed E-state index contributed by atoms with van der Waals surface area (Å²) in [6, 6.07) is 3.40. The second-order valence-corrected chi connectivity index (χ2v) is 5.47. The fourth-order valence-corrected chi connectivity index (χ4v) is 3.16. The second-order valence-electron chi connectivity index (χ2n) is 3.57. The lowest BCUT2D eigenvalue weighted by Crippen LogP contribution is -2.31. The van der Waals surface area contributed by atoms with Crippen molar-refractivity contribution in [3.8, 4) is 0 Å². The number of anilines is 1. The van der Waals surface area contributed by atoms with Crippen LogP contribution in [0.4, 0.5) is 11.4 Å². The molecule has 8 heteroatoms. The number of nitrogen functional groups attached to an aromatic ring is 1. The predicted molar refractivity (Wildman–Crippen MR) is 67.6 cm³/mol. The zero-order valence-corrected chi connectivity index (χ0v) is 11.0. The van der Waals surface area contributed by atoms with Crippen LogP contribution >= 0.6 is 0 Å². The molecule has 18 heavy (non-hydrogen) atoms. The van der Waals surface area contributed by atoms with E-state index in [1.54, 1.807) is 13.8 Å². The van der Waals surface area contributed by atoms with Crippen molar-refractivity contribution in [2.45, 2.75) is 18.7 Å². The SMILES string of the molecule is CCN(CC)S(=O)(=O)c1cc([N+](=O)[O-])ccc1N. The minimum Gasteiger partial charge on any atom is -0.398 e. The Morgan fingerprint density at radius 2 is 1.89 bits per heavy atom. The Morgan fingerprint density at radius 3 is 2.33 bits per heavy atom. The molecule has 0 saturated heterocycles. The van der Waals surface area contributed by atoms with Gasteiger partial charge in [0.1, 0.15) is 4.90 Å². The molecule has 0 amide bonds. The minimum atomic E-state index is -3.78. The van der Waals surface area contributed by atoms with Gasteiger partial charge in [0.05, 0.1) is 10.6 Å². The summed E-state index contributed by atoms with van der Waals surface area (Å²) in [4.78, 5) is 9.78. The lowest BCUT2D eigenvalue weighted by molar-refractivity contribution is -0.385. The number of hydrogen-bond donors (Lipinski definition) is 1. The van der Waals surface area contributed by atoms with Gasteiger partial charge >= 0.3 is 0 Å². The lowest BCUT2D eigenvalue weighted by Gasteiger charge is -2.19. The molecule has 0 unspecified atom stereocenters. The summed E-state index contributed by atoms with van der Waals surface area (Å²) in [6.45, 7) is 3.94. The van der Waals surface area contributed by atoms with Crippen molar-refractivity contribution in [3.63, 3.8) is 0 Å². The van der Waals surface area contributed by atoms with Crippen LogP contribution in [0.15, 0.2) is 23.1 Å². The van der Waals surface area contributed by atoms with E-state index < -0.39 is 14.9 Å². The van der Waals surface area contributed by atoms with Crippen LogP contribution in [-0.4, -0.2) is 30.7 Å². The summed E-state index contributed by atoms with van der Waals surface area (Å²) >= 11 is 0. The molecule has 0 radical (unpaired) electrons. The van der Waals surface area contributed by atoms with Crippen LogP contribution in [0.5, 0.6) is 0 Å². The van der Waals surface area contributed by atoms with Gasteiger partial charge in [0.25, 0.3) is 5.69 Å². The summed E-state index contributed by atoms with van der Waals surface area (Å²) in [5.41, 5.74) is 5.31. The molecule has 0 saturated carbocycles. The fourth-order valence-electron chi connectivity index (χ4n) is 1.56. The molecule has 1 aromatic carbocycles. The highest BCUT2D eigenvalue weighted by molar-refractivity contribution is 7.89. The van der Waals surface area contributed by atoms with Gasteiger partial charge in [0.15, 0.2) is 0 Å². The summed E-state index contributed by atoms with van der Waals surface area (Å²) in [6.07, 6.45) is 0. The third kappa shape index (κ3) is 2.59. The Kier molecular flexibility index (Phi) is 4.25. The van der Waals surface area contributed by atoms with Crippen LogP contribution in [0, 0.1) is 10.1 Å². The highest BCUT2D eigenvalue weighted by atomic mass is 32.2. The van der Waals surface area contributed by atoms with Gasteiger partial charge < -0.3 is 5.73 Å². The van der Waals surface area contributed by atoms with Gasteiger partial charge in [-0.2, -0.15) is 4.31 Å². The topological polar surface area (TPSA) is 107 Å². The highest BCUT2D eigenvalue weighted by Crippen LogP contribution is 2.26. The molecule has 0 atom stereocenters. The van der Waals surface area contributed by atoms with E-state index in [4.69, 9.17) is 5.73 Å². The first-order chi connectivity index (χ1) is 8.34. The number of nitro groups is 1. The molecule has 7 nitrogen and oxygen atoms in total. The molecular formula is C10H15N3O4S. The largest absolute Gasteiger partial charge is 0.398 e. The number of benzene rings is 1. The van der Waals surface area contributed by atoms with Crippen molar-refractivity contribution in [1.29, 1.82) is 0 Å². The quantitative estimate of drug-likeness (QED) is 0.493. The van der Waals surface area contributed by atoms with Crippen molar-refractivity contribution in [3.05, 3.63) is 28.3 Å². The van der Waals surface area contributed by atoms with Crippen molar-refractivity contribution in [2.75, 3.05) is 18.8 Å². The summed E-state index contributed by atoms with van der Waals surface area (Å²) in [5.74, 6) is 0. The molecule has 1 rings (SSSR count). The molecule has 1 aromatic rings. The Morgan fingerprint density at radius 1 is 1.33 bits per heavy atom. The average Bonchev–Trinajstić information content (AvgIpc) is 2.30. The Balaban J connectivity index is 3.40. The zero-order valence-electron chi connectivity index (χ0n) is 10.2. The van der Waals surface area contributed by atoms with Gasteiger partial charge in [-0.25, -0.2) is 8.42 Å². The first-order valence-electron chi connectivity index (χ1n) is 5.38. The first-order valence-corrected chi connectivity index (χ1v) is 6.82. The van der Waals surface area contributed by atoms with Gasteiger partial charge in [-0.1, -0.05) is 13.8 Å². The molecule has 0 aromatic heterocycles. The summed E-state index contributed by atoms with van der Waals surface area (Å²) in [7, 11) is -3.78. The van der Waals surface area contributed by atoms with Crippen LogP contribution in [0.2, 0.25) is 0 Å². The standard InChI is InChI=1S/C10H15N3O4S/c1-3-12(4-2)18(16,17)10-7-8(13(14)15)5-6-9(10)11/h5-7H,3-4,11H2,1-2H3. The molecule has 2 N–H and O–H groups in total. The maximum atomic E-state index is 12.2. The Labute approximate surface area is 105 Å². The lowest BCUT2D eigenvalue weighted by atomic mass is 10.3. The number of nitro benzene ring substituents is 1. The predicted octanol–water partition coefficient (Wildman–Crippen LogP) is 1.21. The third-order valence-electron chi connectivity index (χ3n) is 2.53. The summed E-state index contributed by atoms with van der Waals surface area (Å²) in [5, 5.41) is 10.7. The van der Waals surface area contributed by atoms with E-state index in [-0.39, 0.29) is 29.4 Å². The Hall–Kier alpha value is -1.67. The third-order valence-corrected chi connectivity index (χ3v) is 4.64. The molecule has 100 valence electrons. The first kappa shape index (κ1) is 14.4. The molecule has 0 bridgehead atoms. The molecular weight excluding hydrogens is 258 g/mol. The van der Waals surface area contributed by atoms with E-state index in [9.17, 15) is 18.5 Å². The molecule has 0 heterocycles. The fraction of sp³-hybridized carbons (Fsp3) is 0.400. The number of non-ortho nitro benzene ring substituents is 1. The van der Waals surface area contributed by atoms with Gasteiger partial charge in [-0.15, -0.1) is 0 Å². The maximum absolute atomic E-state index is 12.2. The van der Waals surface area contributed by atoms with E-state index in [1.807, 2.05) is 0 Å². The smallest absolute Gasteiger partial charge is 0.270 e. The number of nitrogens with zero attached hydrogens (tertiary/aromatic N) is 2. The van der Waals surface area contributed by atoms with Crippen LogP contribution in [0.3, 0.4) is 0 Å². The number of hydrogen-bond acceptors (Lipinski definition) is 5. The van der Waals surface area contributed by atoms with Crippen LogP contribution in [0.1, 0.15) is 13.8 Å². The molecule has 0 aliphatic rings. The molecule has 0 aliphatic carbocycles. The normalized spacial score (nSPS) is 11.7.